The number of aliphatic hydroxyl groups excluding tert-OH is 1. The van der Waals surface area contributed by atoms with Crippen LogP contribution in [0.4, 0.5) is 0 Å². The zero-order chi connectivity index (χ0) is 67.1. The summed E-state index contributed by atoms with van der Waals surface area (Å²) < 4.78 is 35.4. The summed E-state index contributed by atoms with van der Waals surface area (Å²) in [6.45, 7) is 7.30. The fraction of sp³-hybridized carbons (Fsp3) is 0.513. The van der Waals surface area contributed by atoms with Crippen LogP contribution in [-0.4, -0.2) is 145 Å². The molecule has 0 amide bonds. The summed E-state index contributed by atoms with van der Waals surface area (Å²) >= 11 is 6.07. The molecule has 14 rings (SSSR count). The largest absolute Gasteiger partial charge is 0.391 e. The number of aryl methyl sites for hydroxylation is 3. The summed E-state index contributed by atoms with van der Waals surface area (Å²) in [7, 11) is -2.98. The maximum atomic E-state index is 13.6. The Labute approximate surface area is 565 Å². The number of aliphatic hydroxyl groups is 1. The number of benzene rings is 3. The van der Waals surface area contributed by atoms with Crippen LogP contribution in [0.5, 0.6) is 0 Å². The molecule has 0 aliphatic carbocycles. The van der Waals surface area contributed by atoms with Gasteiger partial charge in [-0.25, -0.2) is 8.42 Å². The maximum Gasteiger partial charge on any atom is 0.178 e. The van der Waals surface area contributed by atoms with E-state index in [1.807, 2.05) is 93.6 Å². The van der Waals surface area contributed by atoms with Gasteiger partial charge >= 0.3 is 0 Å². The smallest absolute Gasteiger partial charge is 0.178 e. The van der Waals surface area contributed by atoms with E-state index in [9.17, 15) is 27.9 Å². The van der Waals surface area contributed by atoms with E-state index >= 15 is 0 Å². The van der Waals surface area contributed by atoms with E-state index in [1.165, 1.54) is 31.9 Å². The Morgan fingerprint density at radius 2 is 0.874 bits per heavy atom. The molecule has 3 atom stereocenters. The molecular weight excluding hydrogens is 1230 g/mol. The number of hydrogen-bond donors (Lipinski definition) is 1. The van der Waals surface area contributed by atoms with Crippen LogP contribution in [0.25, 0.3) is 17.1 Å². The number of rotatable bonds is 25. The van der Waals surface area contributed by atoms with E-state index < -0.39 is 9.84 Å². The third kappa shape index (κ3) is 15.8. The van der Waals surface area contributed by atoms with Crippen molar-refractivity contribution in [3.8, 4) is 41.3 Å². The highest BCUT2D eigenvalue weighted by atomic mass is 35.5. The lowest BCUT2D eigenvalue weighted by atomic mass is 9.78. The molecule has 2 unspecified atom stereocenters. The predicted molar refractivity (Wildman–Crippen MR) is 366 cm³/mol. The van der Waals surface area contributed by atoms with Gasteiger partial charge in [0.15, 0.2) is 17.3 Å². The summed E-state index contributed by atoms with van der Waals surface area (Å²) in [5, 5.41) is 46.8. The third-order valence-electron chi connectivity index (χ3n) is 21.3. The second-order valence-electron chi connectivity index (χ2n) is 27.5. The minimum absolute atomic E-state index is 0.115. The molecular formula is C76H89ClN10O7S. The Hall–Kier alpha value is -7.49. The first kappa shape index (κ1) is 68.9. The summed E-state index contributed by atoms with van der Waals surface area (Å²) in [5.74, 6) is 0.634. The molecule has 11 heterocycles. The number of nitriles is 4. The number of aromatic nitrogens is 3. The molecule has 8 fully saturated rings. The van der Waals surface area contributed by atoms with Crippen molar-refractivity contribution in [1.29, 1.82) is 21.0 Å². The van der Waals surface area contributed by atoms with Gasteiger partial charge in [0.1, 0.15) is 9.84 Å². The summed E-state index contributed by atoms with van der Waals surface area (Å²) in [6, 6.07) is 39.9. The minimum atomic E-state index is -2.98. The lowest BCUT2D eigenvalue weighted by molar-refractivity contribution is -0.179. The van der Waals surface area contributed by atoms with E-state index in [0.29, 0.717) is 104 Å². The van der Waals surface area contributed by atoms with Gasteiger partial charge < -0.3 is 23.5 Å². The molecule has 1 N–H and O–H groups in total. The molecule has 8 bridgehead atoms. The van der Waals surface area contributed by atoms with Gasteiger partial charge in [-0.1, -0.05) is 11.6 Å². The average molecular weight is 1320 g/mol. The average Bonchev–Trinajstić information content (AvgIpc) is 1.73. The van der Waals surface area contributed by atoms with Crippen LogP contribution in [0.3, 0.4) is 0 Å². The number of carbonyl (C=O) groups excluding carboxylic acids is 3. The van der Waals surface area contributed by atoms with Gasteiger partial charge in [0, 0.05) is 134 Å². The van der Waals surface area contributed by atoms with E-state index in [4.69, 9.17) is 37.4 Å². The minimum Gasteiger partial charge on any atom is -0.391 e. The number of piperidine rings is 2. The Morgan fingerprint density at radius 1 is 0.505 bits per heavy atom. The van der Waals surface area contributed by atoms with Crippen LogP contribution < -0.4 is 0 Å². The summed E-state index contributed by atoms with van der Waals surface area (Å²) in [5.41, 5.74) is 12.3. The number of ketones is 3. The quantitative estimate of drug-likeness (QED) is 0.0415. The first-order valence-electron chi connectivity index (χ1n) is 34.4. The standard InChI is InChI=1S/C27H30N4O2.C25H31N3O3S.C24H28ClN3O2/c1-18-26(27(32)17-30-22-11-24-13-23(30)14-25(12-22)33-24)15-21(5-3-2-4-10-28)31(18)20-8-6-19(16-29)7-9-20;1-18-24(25(29)17-27-20-10-11-21(27)13-12-20)15-23(5-3-4-14-32(2,30)31)28(18)22-8-6-19(16-26)7-9-22;1-16-21(24(30)15-27-19-10-11-22(27)23(29)14-19)13-20(5-3-2-4-12-26)28(16)18-8-6-17(25)7-9-18/h6-9,15,22-25H,2-5,11-14,17H2,1H3;6-9,15,20-21H,3-5,10-14,17H2,1-2H3;6-9,13,19,22-23,29H,2-5,10-11,14-15H2,1H3/t;;19?,22?,23-/m..0/s1. The van der Waals surface area contributed by atoms with Gasteiger partial charge in [-0.3, -0.25) is 29.1 Å². The van der Waals surface area contributed by atoms with E-state index in [1.54, 1.807) is 12.1 Å². The van der Waals surface area contributed by atoms with Gasteiger partial charge in [-0.2, -0.15) is 21.0 Å². The number of fused-ring (bicyclic) bond motifs is 4. The fourth-order valence-corrected chi connectivity index (χ4v) is 17.5. The molecule has 0 radical (unpaired) electrons. The lowest BCUT2D eigenvalue weighted by Gasteiger charge is -2.56. The highest BCUT2D eigenvalue weighted by Crippen LogP contribution is 2.44. The van der Waals surface area contributed by atoms with Crippen molar-refractivity contribution in [3.05, 3.63) is 158 Å². The third-order valence-corrected chi connectivity index (χ3v) is 22.6. The Kier molecular flexibility index (Phi) is 22.3. The number of ether oxygens (including phenoxy) is 1. The molecule has 498 valence electrons. The first-order valence-corrected chi connectivity index (χ1v) is 36.8. The molecule has 19 heteroatoms. The highest BCUT2D eigenvalue weighted by Gasteiger charge is 2.49. The van der Waals surface area contributed by atoms with Crippen molar-refractivity contribution in [2.45, 2.75) is 217 Å². The van der Waals surface area contributed by atoms with E-state index in [0.717, 1.165) is 158 Å². The maximum absolute atomic E-state index is 13.6. The number of Topliss-reactive ketones (excluding diaryl/α,β-unsaturated/α-hetero) is 3. The molecule has 95 heavy (non-hydrogen) atoms. The Morgan fingerprint density at radius 3 is 1.23 bits per heavy atom. The molecule has 17 nitrogen and oxygen atoms in total. The molecule has 3 aromatic carbocycles. The number of carbonyl (C=O) groups is 3. The van der Waals surface area contributed by atoms with Gasteiger partial charge in [-0.15, -0.1) is 0 Å². The molecule has 3 aromatic heterocycles. The second kappa shape index (κ2) is 30.7. The first-order chi connectivity index (χ1) is 45.8. The molecule has 8 aliphatic rings. The van der Waals surface area contributed by atoms with Crippen molar-refractivity contribution < 1.29 is 32.6 Å². The second-order valence-corrected chi connectivity index (χ2v) is 30.2. The Bertz CT molecular complexity index is 4000. The van der Waals surface area contributed by atoms with Gasteiger partial charge in [0.05, 0.1) is 73.3 Å². The normalized spacial score (nSPS) is 23.1. The molecule has 0 saturated carbocycles. The number of sulfone groups is 1. The van der Waals surface area contributed by atoms with Gasteiger partial charge in [0.2, 0.25) is 0 Å². The van der Waals surface area contributed by atoms with Gasteiger partial charge in [-0.05, 0) is 240 Å². The highest BCUT2D eigenvalue weighted by molar-refractivity contribution is 7.90. The number of unbranched alkanes of at least 4 members (excludes halogenated alkanes) is 5. The SMILES string of the molecule is Cc1c(C(=O)CN2C3CC4CC2CC(C3)O4)cc(CCCCC#N)n1-c1ccc(C#N)cc1.Cc1c(C(=O)CN2C3CCC2CC3)cc(CCCCS(C)(=O)=O)n1-c1ccc(C#N)cc1.Cc1c(C(=O)CN2C3CCC2[C@@H](O)C3)cc(CCCCC#N)n1-c1ccc(Cl)cc1. The molecule has 8 saturated heterocycles. The van der Waals surface area contributed by atoms with Crippen molar-refractivity contribution in [1.82, 2.24) is 28.4 Å². The van der Waals surface area contributed by atoms with Crippen molar-refractivity contribution in [3.63, 3.8) is 0 Å². The van der Waals surface area contributed by atoms with Crippen LogP contribution in [0.15, 0.2) is 91.0 Å². The molecule has 0 spiro atoms. The topological polar surface area (TPSA) is 234 Å². The number of hydrogen-bond acceptors (Lipinski definition) is 14. The van der Waals surface area contributed by atoms with Crippen LogP contribution in [0.1, 0.15) is 198 Å². The number of halogens is 1. The van der Waals surface area contributed by atoms with Crippen molar-refractivity contribution in [2.75, 3.05) is 31.6 Å². The zero-order valence-corrected chi connectivity index (χ0v) is 57.0. The van der Waals surface area contributed by atoms with Crippen LogP contribution in [0, 0.1) is 66.1 Å². The van der Waals surface area contributed by atoms with Crippen LogP contribution in [-0.2, 0) is 33.8 Å². The van der Waals surface area contributed by atoms with Gasteiger partial charge in [0.25, 0.3) is 0 Å². The Balaban J connectivity index is 0.000000145. The zero-order valence-electron chi connectivity index (χ0n) is 55.4. The predicted octanol–water partition coefficient (Wildman–Crippen LogP) is 12.8. The van der Waals surface area contributed by atoms with Crippen LogP contribution >= 0.6 is 11.6 Å². The monoisotopic (exact) mass is 1320 g/mol. The van der Waals surface area contributed by atoms with Crippen molar-refractivity contribution >= 4 is 38.8 Å². The van der Waals surface area contributed by atoms with Crippen molar-refractivity contribution in [2.24, 2.45) is 0 Å². The summed E-state index contributed by atoms with van der Waals surface area (Å²) in [4.78, 5) is 47.2. The lowest BCUT2D eigenvalue weighted by Crippen LogP contribution is -2.63. The molecule has 8 aliphatic heterocycles. The molecule has 6 aromatic rings. The van der Waals surface area contributed by atoms with E-state index in [-0.39, 0.29) is 35.2 Å². The number of nitrogens with zero attached hydrogens (tertiary/aromatic N) is 10. The van der Waals surface area contributed by atoms with E-state index in [2.05, 4.69) is 58.7 Å². The van der Waals surface area contributed by atoms with Crippen LogP contribution in [0.2, 0.25) is 5.02 Å². The summed E-state index contributed by atoms with van der Waals surface area (Å²) in [6.07, 6.45) is 21.8. The fourth-order valence-electron chi connectivity index (χ4n) is 16.7.